The molecule has 0 saturated heterocycles. The predicted molar refractivity (Wildman–Crippen MR) is 273 cm³/mol. The fourth-order valence-electron chi connectivity index (χ4n) is 9.96. The standard InChI is InChI=1S/C61H42N2O/c1-3-4-20-48-40(2)64-61-49(26-15-27-56(48)61)43-16-14-19-46(37-43)62(47-34-35-54-52-23-9-8-21-50(52)51-22-10-11-24-53(51)57(54)39-47)45-32-29-41(30-33-45)42-31-36-60-58(38-42)55-25-12-13-28-59(55)63(60)44-17-6-5-7-18-44/h3-39H,1H2,2H3/b20-4-. The molecule has 0 N–H and O–H groups in total. The van der Waals surface area contributed by atoms with Crippen molar-refractivity contribution in [3.8, 4) is 27.9 Å². The SMILES string of the molecule is C=C/C=C\c1c(C)oc2c(-c3cccc(N(c4ccc(-c5ccc6c(c5)c5ccccc5n6-c5ccccc5)cc4)c4ccc5c6ccccc6c6ccccc6c5c4)c3)cccc12. The molecule has 0 aliphatic carbocycles. The molecule has 0 aliphatic rings. The van der Waals surface area contributed by atoms with Gasteiger partial charge >= 0.3 is 0 Å². The van der Waals surface area contributed by atoms with E-state index in [2.05, 4.69) is 228 Å². The van der Waals surface area contributed by atoms with E-state index in [9.17, 15) is 0 Å². The Bertz CT molecular complexity index is 3780. The van der Waals surface area contributed by atoms with Crippen LogP contribution in [0, 0.1) is 6.92 Å². The molecular formula is C61H42N2O. The zero-order valence-electron chi connectivity index (χ0n) is 35.4. The normalized spacial score (nSPS) is 11.8. The van der Waals surface area contributed by atoms with Crippen LogP contribution in [-0.2, 0) is 0 Å². The fourth-order valence-corrected chi connectivity index (χ4v) is 9.96. The largest absolute Gasteiger partial charge is 0.460 e. The van der Waals surface area contributed by atoms with Crippen LogP contribution >= 0.6 is 0 Å². The highest BCUT2D eigenvalue weighted by molar-refractivity contribution is 6.26. The Morgan fingerprint density at radius 1 is 0.438 bits per heavy atom. The molecule has 64 heavy (non-hydrogen) atoms. The van der Waals surface area contributed by atoms with Crippen molar-refractivity contribution in [1.29, 1.82) is 0 Å². The third-order valence-corrected chi connectivity index (χ3v) is 12.9. The van der Waals surface area contributed by atoms with Gasteiger partial charge in [0, 0.05) is 50.0 Å². The maximum atomic E-state index is 6.50. The highest BCUT2D eigenvalue weighted by atomic mass is 16.3. The third-order valence-electron chi connectivity index (χ3n) is 12.9. The van der Waals surface area contributed by atoms with E-state index in [-0.39, 0.29) is 0 Å². The Morgan fingerprint density at radius 3 is 1.78 bits per heavy atom. The summed E-state index contributed by atoms with van der Waals surface area (Å²) in [5.41, 5.74) is 13.2. The van der Waals surface area contributed by atoms with E-state index in [0.29, 0.717) is 0 Å². The highest BCUT2D eigenvalue weighted by Crippen LogP contribution is 2.44. The Balaban J connectivity index is 1.02. The number of aryl methyl sites for hydroxylation is 1. The molecule has 0 fully saturated rings. The second-order valence-corrected chi connectivity index (χ2v) is 16.5. The van der Waals surface area contributed by atoms with Gasteiger partial charge in [-0.15, -0.1) is 0 Å². The second kappa shape index (κ2) is 15.2. The molecule has 0 amide bonds. The van der Waals surface area contributed by atoms with E-state index in [1.807, 2.05) is 13.0 Å². The molecule has 0 bridgehead atoms. The van der Waals surface area contributed by atoms with Gasteiger partial charge in [-0.25, -0.2) is 0 Å². The Hall–Kier alpha value is -8.40. The zero-order chi connectivity index (χ0) is 42.7. The van der Waals surface area contributed by atoms with Crippen LogP contribution in [0.4, 0.5) is 17.1 Å². The van der Waals surface area contributed by atoms with Gasteiger partial charge in [0.1, 0.15) is 11.3 Å². The lowest BCUT2D eigenvalue weighted by molar-refractivity contribution is 0.578. The molecule has 2 heterocycles. The van der Waals surface area contributed by atoms with E-state index in [4.69, 9.17) is 4.42 Å². The van der Waals surface area contributed by atoms with E-state index in [0.717, 1.165) is 61.7 Å². The van der Waals surface area contributed by atoms with Gasteiger partial charge in [0.25, 0.3) is 0 Å². The number of benzene rings is 10. The minimum Gasteiger partial charge on any atom is -0.460 e. The fraction of sp³-hybridized carbons (Fsp3) is 0.0164. The first-order valence-corrected chi connectivity index (χ1v) is 21.9. The highest BCUT2D eigenvalue weighted by Gasteiger charge is 2.19. The van der Waals surface area contributed by atoms with Crippen molar-refractivity contribution >= 4 is 88.2 Å². The summed E-state index contributed by atoms with van der Waals surface area (Å²) in [5, 5.41) is 11.1. The predicted octanol–water partition coefficient (Wildman–Crippen LogP) is 17.3. The number of para-hydroxylation sites is 3. The summed E-state index contributed by atoms with van der Waals surface area (Å²) in [4.78, 5) is 2.39. The minimum atomic E-state index is 0.879. The topological polar surface area (TPSA) is 21.3 Å². The molecule has 0 aliphatic heterocycles. The van der Waals surface area contributed by atoms with Crippen molar-refractivity contribution in [2.45, 2.75) is 6.92 Å². The van der Waals surface area contributed by atoms with Crippen LogP contribution < -0.4 is 4.90 Å². The molecule has 2 aromatic heterocycles. The molecule has 302 valence electrons. The number of anilines is 3. The minimum absolute atomic E-state index is 0.879. The molecule has 0 radical (unpaired) electrons. The van der Waals surface area contributed by atoms with Crippen molar-refractivity contribution in [3.63, 3.8) is 0 Å². The Labute approximate surface area is 371 Å². The van der Waals surface area contributed by atoms with Crippen LogP contribution in [0.2, 0.25) is 0 Å². The van der Waals surface area contributed by atoms with Crippen molar-refractivity contribution in [1.82, 2.24) is 4.57 Å². The summed E-state index contributed by atoms with van der Waals surface area (Å²) in [5.74, 6) is 0.885. The van der Waals surface area contributed by atoms with Crippen LogP contribution in [0.15, 0.2) is 229 Å². The van der Waals surface area contributed by atoms with Crippen molar-refractivity contribution in [3.05, 3.63) is 236 Å². The summed E-state index contributed by atoms with van der Waals surface area (Å²) < 4.78 is 8.87. The monoisotopic (exact) mass is 818 g/mol. The van der Waals surface area contributed by atoms with E-state index < -0.39 is 0 Å². The summed E-state index contributed by atoms with van der Waals surface area (Å²) in [6, 6.07) is 75.0. The number of nitrogens with zero attached hydrogens (tertiary/aromatic N) is 2. The molecule has 12 aromatic rings. The smallest absolute Gasteiger partial charge is 0.142 e. The lowest BCUT2D eigenvalue weighted by Crippen LogP contribution is -2.10. The van der Waals surface area contributed by atoms with Crippen LogP contribution in [0.5, 0.6) is 0 Å². The lowest BCUT2D eigenvalue weighted by Gasteiger charge is -2.27. The van der Waals surface area contributed by atoms with Gasteiger partial charge in [0.2, 0.25) is 0 Å². The number of hydrogen-bond donors (Lipinski definition) is 0. The van der Waals surface area contributed by atoms with E-state index >= 15 is 0 Å². The van der Waals surface area contributed by atoms with Crippen molar-refractivity contribution < 1.29 is 4.42 Å². The zero-order valence-corrected chi connectivity index (χ0v) is 35.4. The molecule has 0 saturated carbocycles. The molecule has 0 atom stereocenters. The molecule has 3 heteroatoms. The average molecular weight is 819 g/mol. The molecule has 0 spiro atoms. The van der Waals surface area contributed by atoms with Gasteiger partial charge in [-0.2, -0.15) is 0 Å². The van der Waals surface area contributed by atoms with Gasteiger partial charge in [-0.3, -0.25) is 0 Å². The van der Waals surface area contributed by atoms with E-state index in [1.165, 1.54) is 59.7 Å². The molecule has 12 rings (SSSR count). The van der Waals surface area contributed by atoms with Crippen LogP contribution in [0.3, 0.4) is 0 Å². The summed E-state index contributed by atoms with van der Waals surface area (Å²) in [6.45, 7) is 5.91. The molecule has 10 aromatic carbocycles. The van der Waals surface area contributed by atoms with Crippen molar-refractivity contribution in [2.75, 3.05) is 4.90 Å². The average Bonchev–Trinajstić information content (AvgIpc) is 3.87. The number of rotatable bonds is 8. The van der Waals surface area contributed by atoms with E-state index in [1.54, 1.807) is 6.08 Å². The Morgan fingerprint density at radius 2 is 1.03 bits per heavy atom. The summed E-state index contributed by atoms with van der Waals surface area (Å²) in [7, 11) is 0. The molecule has 0 unspecified atom stereocenters. The van der Waals surface area contributed by atoms with Crippen LogP contribution in [-0.4, -0.2) is 4.57 Å². The van der Waals surface area contributed by atoms with Crippen LogP contribution in [0.1, 0.15) is 11.3 Å². The van der Waals surface area contributed by atoms with Crippen LogP contribution in [0.25, 0.3) is 99.1 Å². The number of allylic oxidation sites excluding steroid dienone is 2. The second-order valence-electron chi connectivity index (χ2n) is 16.5. The maximum absolute atomic E-state index is 6.50. The molecular weight excluding hydrogens is 777 g/mol. The first kappa shape index (κ1) is 37.4. The number of hydrogen-bond acceptors (Lipinski definition) is 2. The van der Waals surface area contributed by atoms with Gasteiger partial charge in [-0.1, -0.05) is 164 Å². The number of furan rings is 1. The quantitative estimate of drug-likeness (QED) is 0.112. The van der Waals surface area contributed by atoms with Gasteiger partial charge in [0.05, 0.1) is 11.0 Å². The Kier molecular flexibility index (Phi) is 8.87. The number of aromatic nitrogens is 1. The summed E-state index contributed by atoms with van der Waals surface area (Å²) in [6.07, 6.45) is 5.84. The lowest BCUT2D eigenvalue weighted by atomic mass is 9.94. The van der Waals surface area contributed by atoms with Crippen molar-refractivity contribution in [2.24, 2.45) is 0 Å². The third kappa shape index (κ3) is 6.05. The maximum Gasteiger partial charge on any atom is 0.142 e. The molecule has 3 nitrogen and oxygen atoms in total. The van der Waals surface area contributed by atoms with Gasteiger partial charge in [0.15, 0.2) is 0 Å². The first-order chi connectivity index (χ1) is 31.6. The summed E-state index contributed by atoms with van der Waals surface area (Å²) >= 11 is 0. The number of fused-ring (bicyclic) bond motifs is 10. The first-order valence-electron chi connectivity index (χ1n) is 21.9. The van der Waals surface area contributed by atoms with Gasteiger partial charge in [-0.05, 0) is 123 Å². The van der Waals surface area contributed by atoms with Gasteiger partial charge < -0.3 is 13.9 Å².